The fraction of sp³-hybridized carbons (Fsp3) is 0.350. The van der Waals surface area contributed by atoms with Crippen LogP contribution in [-0.4, -0.2) is 34.8 Å². The summed E-state index contributed by atoms with van der Waals surface area (Å²) in [6.07, 6.45) is 4.67. The van der Waals surface area contributed by atoms with Crippen molar-refractivity contribution in [1.82, 2.24) is 9.88 Å². The van der Waals surface area contributed by atoms with Gasteiger partial charge in [0.1, 0.15) is 5.82 Å². The predicted molar refractivity (Wildman–Crippen MR) is 97.3 cm³/mol. The number of amides is 2. The first-order chi connectivity index (χ1) is 12.1. The van der Waals surface area contributed by atoms with Gasteiger partial charge < -0.3 is 10.2 Å². The Morgan fingerprint density at radius 3 is 2.56 bits per heavy atom. The highest BCUT2D eigenvalue weighted by atomic mass is 16.2. The molecule has 1 N–H and O–H groups in total. The molecule has 0 aliphatic carbocycles. The van der Waals surface area contributed by atoms with Gasteiger partial charge in [0.15, 0.2) is 0 Å². The highest BCUT2D eigenvalue weighted by Gasteiger charge is 2.24. The number of piperidine rings is 1. The molecule has 5 heteroatoms. The average Bonchev–Trinajstić information content (AvgIpc) is 2.62. The van der Waals surface area contributed by atoms with Crippen LogP contribution < -0.4 is 5.32 Å². The van der Waals surface area contributed by atoms with Gasteiger partial charge in [-0.3, -0.25) is 9.59 Å². The van der Waals surface area contributed by atoms with Crippen molar-refractivity contribution in [3.8, 4) is 0 Å². The van der Waals surface area contributed by atoms with Crippen LogP contribution in [0.3, 0.4) is 0 Å². The van der Waals surface area contributed by atoms with E-state index in [0.717, 1.165) is 32.4 Å². The summed E-state index contributed by atoms with van der Waals surface area (Å²) in [7, 11) is 0. The molecule has 130 valence electrons. The minimum Gasteiger partial charge on any atom is -0.339 e. The Kier molecular flexibility index (Phi) is 5.43. The van der Waals surface area contributed by atoms with Gasteiger partial charge in [0, 0.05) is 31.8 Å². The molecule has 0 bridgehead atoms. The number of hydrogen-bond acceptors (Lipinski definition) is 3. The number of rotatable bonds is 4. The van der Waals surface area contributed by atoms with Crippen molar-refractivity contribution in [2.75, 3.05) is 18.4 Å². The molecule has 25 heavy (non-hydrogen) atoms. The number of carbonyl (C=O) groups excluding carboxylic acids is 2. The van der Waals surface area contributed by atoms with Gasteiger partial charge in [-0.2, -0.15) is 0 Å². The van der Waals surface area contributed by atoms with Crippen molar-refractivity contribution < 1.29 is 9.59 Å². The maximum absolute atomic E-state index is 12.7. The smallest absolute Gasteiger partial charge is 0.254 e. The summed E-state index contributed by atoms with van der Waals surface area (Å²) in [4.78, 5) is 29.8. The third-order valence-corrected chi connectivity index (χ3v) is 4.58. The number of nitrogens with one attached hydrogen (secondary N) is 1. The van der Waals surface area contributed by atoms with E-state index in [0.29, 0.717) is 17.3 Å². The van der Waals surface area contributed by atoms with Crippen LogP contribution >= 0.6 is 0 Å². The van der Waals surface area contributed by atoms with Crippen molar-refractivity contribution in [3.63, 3.8) is 0 Å². The summed E-state index contributed by atoms with van der Waals surface area (Å²) in [5.74, 6) is 0.849. The monoisotopic (exact) mass is 337 g/mol. The normalized spacial score (nSPS) is 15.0. The maximum Gasteiger partial charge on any atom is 0.254 e. The van der Waals surface area contributed by atoms with E-state index in [-0.39, 0.29) is 11.8 Å². The van der Waals surface area contributed by atoms with Crippen LogP contribution in [0.15, 0.2) is 48.7 Å². The largest absolute Gasteiger partial charge is 0.339 e. The number of aromatic nitrogens is 1. The van der Waals surface area contributed by atoms with E-state index in [4.69, 9.17) is 0 Å². The van der Waals surface area contributed by atoms with Crippen molar-refractivity contribution in [2.45, 2.75) is 26.2 Å². The maximum atomic E-state index is 12.7. The summed E-state index contributed by atoms with van der Waals surface area (Å²) >= 11 is 0. The molecule has 0 spiro atoms. The second-order valence-corrected chi connectivity index (χ2v) is 6.54. The van der Waals surface area contributed by atoms with E-state index < -0.39 is 0 Å². The Hall–Kier alpha value is -2.69. The van der Waals surface area contributed by atoms with Gasteiger partial charge in [-0.25, -0.2) is 4.98 Å². The van der Waals surface area contributed by atoms with Gasteiger partial charge in [-0.05, 0) is 42.9 Å². The second-order valence-electron chi connectivity index (χ2n) is 6.54. The summed E-state index contributed by atoms with van der Waals surface area (Å²) in [5, 5.41) is 2.62. The van der Waals surface area contributed by atoms with Crippen LogP contribution in [0.2, 0.25) is 0 Å². The first kappa shape index (κ1) is 17.1. The Labute approximate surface area is 148 Å². The summed E-state index contributed by atoms with van der Waals surface area (Å²) in [5.41, 5.74) is 1.93. The summed E-state index contributed by atoms with van der Waals surface area (Å²) in [6.45, 7) is 2.97. The Balaban J connectivity index is 1.57. The molecule has 1 aliphatic heterocycles. The van der Waals surface area contributed by atoms with E-state index in [1.807, 2.05) is 11.0 Å². The first-order valence-electron chi connectivity index (χ1n) is 8.68. The van der Waals surface area contributed by atoms with Crippen LogP contribution in [0.1, 0.15) is 35.7 Å². The standard InChI is InChI=1S/C20H23N3O2/c1-15(24)22-19-14-18(7-10-21-19)20(25)23-11-8-17(9-12-23)13-16-5-3-2-4-6-16/h2-7,10,14,17H,8-9,11-13H2,1H3,(H,21,22,24). The van der Waals surface area contributed by atoms with Crippen LogP contribution in [-0.2, 0) is 11.2 Å². The lowest BCUT2D eigenvalue weighted by Crippen LogP contribution is -2.39. The highest BCUT2D eigenvalue weighted by Crippen LogP contribution is 2.23. The first-order valence-corrected chi connectivity index (χ1v) is 8.68. The molecule has 1 aromatic carbocycles. The van der Waals surface area contributed by atoms with E-state index >= 15 is 0 Å². The highest BCUT2D eigenvalue weighted by molar-refractivity contribution is 5.96. The Bertz CT molecular complexity index is 738. The zero-order chi connectivity index (χ0) is 17.6. The lowest BCUT2D eigenvalue weighted by molar-refractivity contribution is -0.114. The van der Waals surface area contributed by atoms with Crippen LogP contribution in [0.25, 0.3) is 0 Å². The van der Waals surface area contributed by atoms with E-state index in [1.165, 1.54) is 12.5 Å². The Morgan fingerprint density at radius 1 is 1.16 bits per heavy atom. The third-order valence-electron chi connectivity index (χ3n) is 4.58. The molecule has 5 nitrogen and oxygen atoms in total. The van der Waals surface area contributed by atoms with Gasteiger partial charge in [0.2, 0.25) is 5.91 Å². The molecule has 0 radical (unpaired) electrons. The third kappa shape index (κ3) is 4.66. The molecular formula is C20H23N3O2. The molecule has 2 heterocycles. The summed E-state index contributed by atoms with van der Waals surface area (Å²) in [6, 6.07) is 13.8. The second kappa shape index (κ2) is 7.92. The summed E-state index contributed by atoms with van der Waals surface area (Å²) < 4.78 is 0. The van der Waals surface area contributed by atoms with Crippen molar-refractivity contribution >= 4 is 17.6 Å². The molecule has 1 aromatic heterocycles. The Morgan fingerprint density at radius 2 is 1.88 bits per heavy atom. The average molecular weight is 337 g/mol. The molecule has 1 aliphatic rings. The molecule has 1 saturated heterocycles. The molecule has 2 aromatic rings. The lowest BCUT2D eigenvalue weighted by atomic mass is 9.90. The number of carbonyl (C=O) groups is 2. The minimum atomic E-state index is -0.196. The number of nitrogens with zero attached hydrogens (tertiary/aromatic N) is 2. The van der Waals surface area contributed by atoms with E-state index in [1.54, 1.807) is 18.3 Å². The van der Waals surface area contributed by atoms with Crippen LogP contribution in [0.4, 0.5) is 5.82 Å². The van der Waals surface area contributed by atoms with Gasteiger partial charge in [-0.1, -0.05) is 30.3 Å². The molecule has 0 atom stereocenters. The quantitative estimate of drug-likeness (QED) is 0.932. The van der Waals surface area contributed by atoms with E-state index in [2.05, 4.69) is 34.6 Å². The zero-order valence-electron chi connectivity index (χ0n) is 14.4. The molecule has 0 unspecified atom stereocenters. The number of benzene rings is 1. The number of anilines is 1. The van der Waals surface area contributed by atoms with Gasteiger partial charge in [-0.15, -0.1) is 0 Å². The topological polar surface area (TPSA) is 62.3 Å². The SMILES string of the molecule is CC(=O)Nc1cc(C(=O)N2CCC(Cc3ccccc3)CC2)ccn1. The number of likely N-dealkylation sites (tertiary alicyclic amines) is 1. The predicted octanol–water partition coefficient (Wildman–Crippen LogP) is 3.13. The van der Waals surface area contributed by atoms with Crippen molar-refractivity contribution in [1.29, 1.82) is 0 Å². The van der Waals surface area contributed by atoms with E-state index in [9.17, 15) is 9.59 Å². The molecule has 1 fully saturated rings. The van der Waals surface area contributed by atoms with Crippen molar-refractivity contribution in [3.05, 3.63) is 59.8 Å². The van der Waals surface area contributed by atoms with Gasteiger partial charge >= 0.3 is 0 Å². The molecule has 2 amide bonds. The molecule has 3 rings (SSSR count). The number of pyridine rings is 1. The fourth-order valence-corrected chi connectivity index (χ4v) is 3.28. The zero-order valence-corrected chi connectivity index (χ0v) is 14.4. The van der Waals surface area contributed by atoms with Crippen LogP contribution in [0.5, 0.6) is 0 Å². The fourth-order valence-electron chi connectivity index (χ4n) is 3.28. The van der Waals surface area contributed by atoms with Gasteiger partial charge in [0.05, 0.1) is 0 Å². The van der Waals surface area contributed by atoms with Crippen LogP contribution in [0, 0.1) is 5.92 Å². The van der Waals surface area contributed by atoms with Gasteiger partial charge in [0.25, 0.3) is 5.91 Å². The minimum absolute atomic E-state index is 0.00663. The molecule has 0 saturated carbocycles. The lowest BCUT2D eigenvalue weighted by Gasteiger charge is -2.32. The number of hydrogen-bond donors (Lipinski definition) is 1. The van der Waals surface area contributed by atoms with Crippen molar-refractivity contribution in [2.24, 2.45) is 5.92 Å². The molecular weight excluding hydrogens is 314 g/mol.